The van der Waals surface area contributed by atoms with Gasteiger partial charge in [-0.05, 0) is 43.4 Å². The highest BCUT2D eigenvalue weighted by atomic mass is 79.9. The first-order valence-corrected chi connectivity index (χ1v) is 10.3. The van der Waals surface area contributed by atoms with Crippen molar-refractivity contribution in [1.29, 1.82) is 0 Å². The van der Waals surface area contributed by atoms with Crippen LogP contribution in [0.5, 0.6) is 0 Å². The molecule has 9 heteroatoms. The Morgan fingerprint density at radius 1 is 1.11 bits per heavy atom. The minimum atomic E-state index is -4.23. The van der Waals surface area contributed by atoms with Crippen molar-refractivity contribution in [1.82, 2.24) is 0 Å². The molecule has 1 saturated carbocycles. The normalized spacial score (nSPS) is 20.0. The molecule has 1 aromatic carbocycles. The van der Waals surface area contributed by atoms with Crippen LogP contribution in [0.4, 0.5) is 18.2 Å². The van der Waals surface area contributed by atoms with Gasteiger partial charge in [0.15, 0.2) is 0 Å². The average molecular weight is 476 g/mol. The maximum atomic E-state index is 12.8. The zero-order valence-electron chi connectivity index (χ0n) is 14.6. The summed E-state index contributed by atoms with van der Waals surface area (Å²) in [5.41, 5.74) is 1.17. The molecular weight excluding hydrogens is 459 g/mol. The molecular formula is C19H17BrF3NO3S. The molecule has 0 radical (unpaired) electrons. The number of hydrogen-bond acceptors (Lipinski definition) is 3. The van der Waals surface area contributed by atoms with Gasteiger partial charge in [0.1, 0.15) is 10.6 Å². The Morgan fingerprint density at radius 2 is 1.71 bits per heavy atom. The van der Waals surface area contributed by atoms with Crippen LogP contribution in [0.15, 0.2) is 34.1 Å². The van der Waals surface area contributed by atoms with E-state index in [1.165, 1.54) is 0 Å². The van der Waals surface area contributed by atoms with Crippen LogP contribution in [0.3, 0.4) is 0 Å². The van der Waals surface area contributed by atoms with E-state index in [4.69, 9.17) is 0 Å². The molecule has 0 saturated heterocycles. The summed E-state index contributed by atoms with van der Waals surface area (Å²) in [6, 6.07) is 7.11. The number of thiophene rings is 1. The zero-order chi connectivity index (χ0) is 20.5. The molecule has 1 aliphatic rings. The maximum Gasteiger partial charge on any atom is 0.391 e. The number of carbonyl (C=O) groups is 2. The van der Waals surface area contributed by atoms with Gasteiger partial charge in [0.05, 0.1) is 5.92 Å². The molecule has 1 amide bonds. The molecule has 3 rings (SSSR count). The van der Waals surface area contributed by atoms with Crippen LogP contribution in [0.2, 0.25) is 0 Å². The van der Waals surface area contributed by atoms with Crippen LogP contribution < -0.4 is 5.32 Å². The fourth-order valence-electron chi connectivity index (χ4n) is 3.40. The van der Waals surface area contributed by atoms with Crippen molar-refractivity contribution in [3.8, 4) is 11.1 Å². The molecule has 28 heavy (non-hydrogen) atoms. The minimum absolute atomic E-state index is 0.00958. The van der Waals surface area contributed by atoms with Gasteiger partial charge in [0, 0.05) is 21.3 Å². The van der Waals surface area contributed by atoms with Crippen LogP contribution in [-0.4, -0.2) is 23.2 Å². The Morgan fingerprint density at radius 3 is 2.25 bits per heavy atom. The molecule has 0 atom stereocenters. The standard InChI is InChI=1S/C19H17BrF3NO3S/c20-13-7-3-10(4-8-13)14-9-28-17(15(14)18(26)27)24-16(25)11-1-5-12(6-2-11)19(21,22)23/h3-4,7-9,11-12H,1-2,5-6H2,(H,24,25)(H,26,27). The first-order valence-electron chi connectivity index (χ1n) is 8.65. The number of aromatic carboxylic acids is 1. The second kappa shape index (κ2) is 8.24. The molecule has 0 spiro atoms. The highest BCUT2D eigenvalue weighted by Crippen LogP contribution is 2.41. The van der Waals surface area contributed by atoms with Gasteiger partial charge < -0.3 is 10.4 Å². The number of halogens is 4. The molecule has 1 aromatic heterocycles. The maximum absolute atomic E-state index is 12.8. The summed E-state index contributed by atoms with van der Waals surface area (Å²) in [4.78, 5) is 24.3. The van der Waals surface area contributed by atoms with E-state index in [1.807, 2.05) is 0 Å². The summed E-state index contributed by atoms with van der Waals surface area (Å²) >= 11 is 4.42. The third-order valence-corrected chi connectivity index (χ3v) is 6.38. The van der Waals surface area contributed by atoms with Gasteiger partial charge in [-0.1, -0.05) is 28.1 Å². The van der Waals surface area contributed by atoms with Crippen LogP contribution >= 0.6 is 27.3 Å². The van der Waals surface area contributed by atoms with Gasteiger partial charge in [-0.25, -0.2) is 4.79 Å². The number of carboxylic acids is 1. The second-order valence-electron chi connectivity index (χ2n) is 6.74. The number of anilines is 1. The number of carboxylic acid groups (broad SMARTS) is 1. The zero-order valence-corrected chi connectivity index (χ0v) is 17.0. The van der Waals surface area contributed by atoms with E-state index in [2.05, 4.69) is 21.2 Å². The van der Waals surface area contributed by atoms with E-state index >= 15 is 0 Å². The highest BCUT2D eigenvalue weighted by Gasteiger charge is 2.42. The Kier molecular flexibility index (Phi) is 6.14. The summed E-state index contributed by atoms with van der Waals surface area (Å²) in [7, 11) is 0. The predicted octanol–water partition coefficient (Wildman–Crippen LogP) is 6.18. The second-order valence-corrected chi connectivity index (χ2v) is 8.54. The topological polar surface area (TPSA) is 66.4 Å². The number of hydrogen-bond donors (Lipinski definition) is 2. The number of nitrogens with one attached hydrogen (secondary N) is 1. The van der Waals surface area contributed by atoms with Crippen molar-refractivity contribution >= 4 is 44.1 Å². The first-order chi connectivity index (χ1) is 13.2. The molecule has 0 bridgehead atoms. The highest BCUT2D eigenvalue weighted by molar-refractivity contribution is 9.10. The SMILES string of the molecule is O=C(O)c1c(-c2ccc(Br)cc2)csc1NC(=O)C1CCC(C(F)(F)F)CC1. The van der Waals surface area contributed by atoms with Gasteiger partial charge in [-0.2, -0.15) is 13.2 Å². The van der Waals surface area contributed by atoms with Crippen LogP contribution in [0.25, 0.3) is 11.1 Å². The van der Waals surface area contributed by atoms with Crippen molar-refractivity contribution in [2.75, 3.05) is 5.32 Å². The fraction of sp³-hybridized carbons (Fsp3) is 0.368. The van der Waals surface area contributed by atoms with Crippen molar-refractivity contribution in [2.45, 2.75) is 31.9 Å². The lowest BCUT2D eigenvalue weighted by atomic mass is 9.81. The van der Waals surface area contributed by atoms with E-state index < -0.39 is 29.9 Å². The van der Waals surface area contributed by atoms with E-state index in [0.29, 0.717) is 11.1 Å². The number of alkyl halides is 3. The molecule has 1 fully saturated rings. The quantitative estimate of drug-likeness (QED) is 0.554. The van der Waals surface area contributed by atoms with E-state index in [0.717, 1.165) is 15.8 Å². The van der Waals surface area contributed by atoms with Gasteiger partial charge in [0.25, 0.3) is 0 Å². The molecule has 1 aliphatic carbocycles. The van der Waals surface area contributed by atoms with Crippen LogP contribution in [0.1, 0.15) is 36.0 Å². The molecule has 1 heterocycles. The van der Waals surface area contributed by atoms with Crippen LogP contribution in [0, 0.1) is 11.8 Å². The number of rotatable bonds is 4. The van der Waals surface area contributed by atoms with Gasteiger partial charge in [-0.15, -0.1) is 11.3 Å². The van der Waals surface area contributed by atoms with Crippen molar-refractivity contribution < 1.29 is 27.9 Å². The minimum Gasteiger partial charge on any atom is -0.478 e. The molecule has 0 aliphatic heterocycles. The Balaban J connectivity index is 1.75. The van der Waals surface area contributed by atoms with Gasteiger partial charge >= 0.3 is 12.1 Å². The van der Waals surface area contributed by atoms with Crippen molar-refractivity contribution in [3.63, 3.8) is 0 Å². The van der Waals surface area contributed by atoms with E-state index in [9.17, 15) is 27.9 Å². The Bertz CT molecular complexity index is 872. The fourth-order valence-corrected chi connectivity index (χ4v) is 4.63. The molecule has 4 nitrogen and oxygen atoms in total. The number of carbonyl (C=O) groups excluding carboxylic acids is 1. The Hall–Kier alpha value is -1.87. The summed E-state index contributed by atoms with van der Waals surface area (Å²) in [6.07, 6.45) is -4.11. The largest absolute Gasteiger partial charge is 0.478 e. The number of benzene rings is 1. The monoisotopic (exact) mass is 475 g/mol. The predicted molar refractivity (Wildman–Crippen MR) is 105 cm³/mol. The van der Waals surface area contributed by atoms with Gasteiger partial charge in [0.2, 0.25) is 5.91 Å². The average Bonchev–Trinajstić information content (AvgIpc) is 3.05. The summed E-state index contributed by atoms with van der Waals surface area (Å²) in [5, 5.41) is 14.1. The van der Waals surface area contributed by atoms with Crippen LogP contribution in [-0.2, 0) is 4.79 Å². The lowest BCUT2D eigenvalue weighted by molar-refractivity contribution is -0.184. The Labute approximate surface area is 171 Å². The third-order valence-electron chi connectivity index (χ3n) is 4.96. The summed E-state index contributed by atoms with van der Waals surface area (Å²) in [5.74, 6) is -3.50. The molecule has 2 N–H and O–H groups in total. The van der Waals surface area contributed by atoms with E-state index in [1.54, 1.807) is 29.6 Å². The third kappa shape index (κ3) is 4.57. The van der Waals surface area contributed by atoms with Gasteiger partial charge in [-0.3, -0.25) is 4.79 Å². The first kappa shape index (κ1) is 20.9. The summed E-state index contributed by atoms with van der Waals surface area (Å²) < 4.78 is 39.2. The lowest BCUT2D eigenvalue weighted by Gasteiger charge is -2.29. The lowest BCUT2D eigenvalue weighted by Crippen LogP contribution is -2.32. The molecule has 2 aromatic rings. The number of amides is 1. The molecule has 0 unspecified atom stereocenters. The van der Waals surface area contributed by atoms with E-state index in [-0.39, 0.29) is 36.2 Å². The smallest absolute Gasteiger partial charge is 0.391 e. The molecule has 150 valence electrons. The van der Waals surface area contributed by atoms with Crippen molar-refractivity contribution in [2.24, 2.45) is 11.8 Å². The summed E-state index contributed by atoms with van der Waals surface area (Å²) in [6.45, 7) is 0. The van der Waals surface area contributed by atoms with Crippen molar-refractivity contribution in [3.05, 3.63) is 39.7 Å².